The molecule has 2 fully saturated rings. The fraction of sp³-hybridized carbons (Fsp3) is 1.00. The molecule has 0 N–H and O–H groups in total. The average molecular weight is 241 g/mol. The van der Waals surface area contributed by atoms with Crippen LogP contribution in [0.5, 0.6) is 0 Å². The minimum atomic E-state index is 0.793. The maximum Gasteiger partial charge on any atom is 0.00950 e. The first-order valence-corrected chi connectivity index (χ1v) is 8.26. The Hall–Kier alpha value is 0.390. The van der Waals surface area contributed by atoms with Gasteiger partial charge in [0.05, 0.1) is 0 Å². The van der Waals surface area contributed by atoms with E-state index in [-0.39, 0.29) is 0 Å². The maximum atomic E-state index is 2.43. The van der Waals surface area contributed by atoms with Gasteiger partial charge in [-0.2, -0.15) is 0 Å². The molecule has 16 heavy (non-hydrogen) atoms. The van der Waals surface area contributed by atoms with Crippen molar-refractivity contribution in [2.75, 3.05) is 14.1 Å². The summed E-state index contributed by atoms with van der Waals surface area (Å²) in [5.74, 6) is 0.994. The van der Waals surface area contributed by atoms with Gasteiger partial charge in [-0.15, -0.1) is 8.58 Å². The Morgan fingerprint density at radius 2 is 1.69 bits per heavy atom. The van der Waals surface area contributed by atoms with Crippen LogP contribution in [0.15, 0.2) is 0 Å². The van der Waals surface area contributed by atoms with Crippen molar-refractivity contribution >= 4 is 8.58 Å². The third-order valence-corrected chi connectivity index (χ3v) is 7.00. The largest absolute Gasteiger partial charge is 0.306 e. The summed E-state index contributed by atoms with van der Waals surface area (Å²) in [4.78, 5) is 2.43. The summed E-state index contributed by atoms with van der Waals surface area (Å²) in [6.45, 7) is 2.43. The Kier molecular flexibility index (Phi) is 4.67. The molecule has 2 heteroatoms. The van der Waals surface area contributed by atoms with E-state index < -0.39 is 0 Å². The topological polar surface area (TPSA) is 3.24 Å². The van der Waals surface area contributed by atoms with Crippen molar-refractivity contribution in [2.45, 2.75) is 69.2 Å². The minimum absolute atomic E-state index is 0.793. The van der Waals surface area contributed by atoms with E-state index in [4.69, 9.17) is 0 Å². The summed E-state index contributed by atoms with van der Waals surface area (Å²) >= 11 is 0. The van der Waals surface area contributed by atoms with E-state index >= 15 is 0 Å². The summed E-state index contributed by atoms with van der Waals surface area (Å²) in [5, 5.41) is 0. The molecule has 94 valence electrons. The van der Waals surface area contributed by atoms with Crippen LogP contribution in [0.25, 0.3) is 0 Å². The molecule has 0 aromatic rings. The standard InChI is InChI=1S/C14H28NP/c1-11(15(2)3)13-9-6-10-14(13)16-12-7-4-5-8-12/h11-14,16H,4-10H2,1-3H3/t11-,13?,14?/m1/s1. The number of nitrogens with zero attached hydrogens (tertiary/aromatic N) is 1. The van der Waals surface area contributed by atoms with Gasteiger partial charge < -0.3 is 4.90 Å². The minimum Gasteiger partial charge on any atom is -0.306 e. The molecule has 0 amide bonds. The summed E-state index contributed by atoms with van der Waals surface area (Å²) in [7, 11) is 5.78. The van der Waals surface area contributed by atoms with Crippen LogP contribution >= 0.6 is 8.58 Å². The van der Waals surface area contributed by atoms with Crippen LogP contribution in [-0.2, 0) is 0 Å². The Labute approximate surface area is 103 Å². The van der Waals surface area contributed by atoms with Gasteiger partial charge in [0, 0.05) is 6.04 Å². The molecule has 2 rings (SSSR count). The summed E-state index contributed by atoms with van der Waals surface area (Å²) in [6.07, 6.45) is 10.6. The van der Waals surface area contributed by atoms with Gasteiger partial charge in [-0.1, -0.05) is 19.3 Å². The van der Waals surface area contributed by atoms with Crippen molar-refractivity contribution in [3.8, 4) is 0 Å². The lowest BCUT2D eigenvalue weighted by Gasteiger charge is -2.32. The Balaban J connectivity index is 1.87. The van der Waals surface area contributed by atoms with E-state index in [1.807, 2.05) is 0 Å². The highest BCUT2D eigenvalue weighted by atomic mass is 31.1. The van der Waals surface area contributed by atoms with Crippen LogP contribution in [0.2, 0.25) is 0 Å². The molecular weight excluding hydrogens is 213 g/mol. The summed E-state index contributed by atoms with van der Waals surface area (Å²) in [6, 6.07) is 0.793. The highest BCUT2D eigenvalue weighted by molar-refractivity contribution is 7.39. The molecule has 0 aromatic carbocycles. The second kappa shape index (κ2) is 5.83. The van der Waals surface area contributed by atoms with Crippen LogP contribution in [0, 0.1) is 5.92 Å². The van der Waals surface area contributed by atoms with Gasteiger partial charge in [0.15, 0.2) is 0 Å². The van der Waals surface area contributed by atoms with Crippen LogP contribution < -0.4 is 0 Å². The van der Waals surface area contributed by atoms with Gasteiger partial charge in [0.1, 0.15) is 0 Å². The molecule has 2 aliphatic carbocycles. The van der Waals surface area contributed by atoms with E-state index in [1.165, 1.54) is 53.5 Å². The van der Waals surface area contributed by atoms with Crippen molar-refractivity contribution in [1.82, 2.24) is 4.90 Å². The summed E-state index contributed by atoms with van der Waals surface area (Å²) in [5.41, 5.74) is 2.18. The van der Waals surface area contributed by atoms with Crippen LogP contribution in [0.3, 0.4) is 0 Å². The monoisotopic (exact) mass is 241 g/mol. The van der Waals surface area contributed by atoms with Gasteiger partial charge in [-0.05, 0) is 63.9 Å². The lowest BCUT2D eigenvalue weighted by Crippen LogP contribution is -2.35. The molecule has 3 unspecified atom stereocenters. The molecule has 1 nitrogen and oxygen atoms in total. The first-order valence-electron chi connectivity index (χ1n) is 7.11. The lowest BCUT2D eigenvalue weighted by molar-refractivity contribution is 0.232. The highest BCUT2D eigenvalue weighted by Gasteiger charge is 2.34. The maximum absolute atomic E-state index is 2.43. The molecular formula is C14H28NP. The molecule has 0 saturated heterocycles. The Morgan fingerprint density at radius 1 is 1.00 bits per heavy atom. The second-order valence-electron chi connectivity index (χ2n) is 6.05. The normalized spacial score (nSPS) is 34.5. The van der Waals surface area contributed by atoms with Crippen LogP contribution in [-0.4, -0.2) is 36.4 Å². The van der Waals surface area contributed by atoms with Gasteiger partial charge in [0.2, 0.25) is 0 Å². The van der Waals surface area contributed by atoms with E-state index in [2.05, 4.69) is 25.9 Å². The lowest BCUT2D eigenvalue weighted by atomic mass is 9.98. The van der Waals surface area contributed by atoms with Gasteiger partial charge >= 0.3 is 0 Å². The third-order valence-electron chi connectivity index (χ3n) is 4.81. The van der Waals surface area contributed by atoms with E-state index in [1.54, 1.807) is 0 Å². The predicted molar refractivity (Wildman–Crippen MR) is 74.8 cm³/mol. The molecule has 4 atom stereocenters. The van der Waals surface area contributed by atoms with Crippen LogP contribution in [0.1, 0.15) is 51.9 Å². The van der Waals surface area contributed by atoms with Crippen molar-refractivity contribution in [2.24, 2.45) is 5.92 Å². The Morgan fingerprint density at radius 3 is 2.31 bits per heavy atom. The van der Waals surface area contributed by atoms with E-state index in [0.717, 1.165) is 23.3 Å². The SMILES string of the molecule is C[C@H](C1CCCC1PC1CCCC1)N(C)C. The molecule has 0 aromatic heterocycles. The number of hydrogen-bond donors (Lipinski definition) is 0. The Bertz CT molecular complexity index is 211. The van der Waals surface area contributed by atoms with Gasteiger partial charge in [0.25, 0.3) is 0 Å². The van der Waals surface area contributed by atoms with Crippen molar-refractivity contribution < 1.29 is 0 Å². The molecule has 0 bridgehead atoms. The van der Waals surface area contributed by atoms with Gasteiger partial charge in [-0.3, -0.25) is 0 Å². The fourth-order valence-corrected chi connectivity index (χ4v) is 5.96. The zero-order valence-electron chi connectivity index (χ0n) is 11.2. The van der Waals surface area contributed by atoms with Crippen LogP contribution in [0.4, 0.5) is 0 Å². The fourth-order valence-electron chi connectivity index (χ4n) is 3.55. The third kappa shape index (κ3) is 2.99. The molecule has 0 radical (unpaired) electrons. The van der Waals surface area contributed by atoms with Crippen molar-refractivity contribution in [1.29, 1.82) is 0 Å². The number of hydrogen-bond acceptors (Lipinski definition) is 1. The summed E-state index contributed by atoms with van der Waals surface area (Å²) < 4.78 is 0. The molecule has 0 aliphatic heterocycles. The zero-order chi connectivity index (χ0) is 11.5. The van der Waals surface area contributed by atoms with Crippen molar-refractivity contribution in [3.05, 3.63) is 0 Å². The zero-order valence-corrected chi connectivity index (χ0v) is 12.2. The molecule has 0 spiro atoms. The van der Waals surface area contributed by atoms with Crippen molar-refractivity contribution in [3.63, 3.8) is 0 Å². The first-order chi connectivity index (χ1) is 7.68. The van der Waals surface area contributed by atoms with E-state index in [9.17, 15) is 0 Å². The first kappa shape index (κ1) is 12.8. The molecule has 2 aliphatic rings. The highest BCUT2D eigenvalue weighted by Crippen LogP contribution is 2.47. The van der Waals surface area contributed by atoms with E-state index in [0.29, 0.717) is 0 Å². The predicted octanol–water partition coefficient (Wildman–Crippen LogP) is 3.73. The molecule has 2 saturated carbocycles. The smallest absolute Gasteiger partial charge is 0.00950 e. The van der Waals surface area contributed by atoms with Gasteiger partial charge in [-0.25, -0.2) is 0 Å². The molecule has 0 heterocycles. The second-order valence-corrected chi connectivity index (χ2v) is 7.94. The average Bonchev–Trinajstić information content (AvgIpc) is 2.88. The number of rotatable bonds is 4. The quantitative estimate of drug-likeness (QED) is 0.678.